The Labute approximate surface area is 148 Å². The molecular weight excluding hydrogens is 380 g/mol. The highest BCUT2D eigenvalue weighted by atomic mass is 79.9. The minimum absolute atomic E-state index is 0.123. The fourth-order valence-corrected chi connectivity index (χ4v) is 2.98. The smallest absolute Gasteiger partial charge is 0.277 e. The van der Waals surface area contributed by atoms with Crippen LogP contribution < -0.4 is 10.2 Å². The number of nitrogens with one attached hydrogen (secondary N) is 1. The van der Waals surface area contributed by atoms with Gasteiger partial charge in [-0.15, -0.1) is 0 Å². The molecule has 0 unspecified atom stereocenters. The fourth-order valence-electron chi connectivity index (χ4n) is 2.01. The van der Waals surface area contributed by atoms with Gasteiger partial charge in [-0.1, -0.05) is 35.9 Å². The van der Waals surface area contributed by atoms with Crippen LogP contribution in [0.15, 0.2) is 46.0 Å². The predicted octanol–water partition coefficient (Wildman–Crippen LogP) is 4.25. The number of hydrogen-bond acceptors (Lipinski definition) is 3. The van der Waals surface area contributed by atoms with E-state index in [4.69, 9.17) is 16.3 Å². The van der Waals surface area contributed by atoms with Gasteiger partial charge in [0.25, 0.3) is 5.91 Å². The lowest BCUT2D eigenvalue weighted by molar-refractivity contribution is -0.123. The van der Waals surface area contributed by atoms with E-state index in [2.05, 4.69) is 26.5 Å². The summed E-state index contributed by atoms with van der Waals surface area (Å²) in [6.07, 6.45) is 1.49. The third-order valence-corrected chi connectivity index (χ3v) is 3.95. The third kappa shape index (κ3) is 5.08. The zero-order valence-corrected chi connectivity index (χ0v) is 15.1. The Balaban J connectivity index is 1.90. The summed E-state index contributed by atoms with van der Waals surface area (Å²) >= 11 is 9.43. The molecule has 0 heterocycles. The molecule has 23 heavy (non-hydrogen) atoms. The van der Waals surface area contributed by atoms with Gasteiger partial charge in [0.2, 0.25) is 0 Å². The molecule has 0 saturated heterocycles. The zero-order valence-electron chi connectivity index (χ0n) is 12.8. The normalized spacial score (nSPS) is 10.8. The number of hydrazone groups is 1. The molecule has 120 valence electrons. The van der Waals surface area contributed by atoms with Gasteiger partial charge < -0.3 is 4.74 Å². The van der Waals surface area contributed by atoms with Crippen molar-refractivity contribution in [1.82, 2.24) is 5.43 Å². The lowest BCUT2D eigenvalue weighted by atomic mass is 10.1. The highest BCUT2D eigenvalue weighted by Crippen LogP contribution is 2.30. The molecule has 6 heteroatoms. The molecule has 0 radical (unpaired) electrons. The fraction of sp³-hybridized carbons (Fsp3) is 0.176. The standard InChI is InChI=1S/C17H16BrClN2O2/c1-11-7-12(2)17(14(18)8-11)23-10-16(22)21-20-9-13-5-3-4-6-15(13)19/h3-9H,10H2,1-2H3,(H,21,22)/b20-9+. The summed E-state index contributed by atoms with van der Waals surface area (Å²) in [7, 11) is 0. The van der Waals surface area contributed by atoms with Crippen LogP contribution in [0.2, 0.25) is 5.02 Å². The average molecular weight is 396 g/mol. The largest absolute Gasteiger partial charge is 0.482 e. The van der Waals surface area contributed by atoms with Crippen LogP contribution in [-0.2, 0) is 4.79 Å². The zero-order chi connectivity index (χ0) is 16.8. The van der Waals surface area contributed by atoms with Gasteiger partial charge in [-0.25, -0.2) is 5.43 Å². The summed E-state index contributed by atoms with van der Waals surface area (Å²) in [6, 6.07) is 11.2. The van der Waals surface area contributed by atoms with Crippen LogP contribution >= 0.6 is 27.5 Å². The van der Waals surface area contributed by atoms with Crippen molar-refractivity contribution in [2.45, 2.75) is 13.8 Å². The monoisotopic (exact) mass is 394 g/mol. The van der Waals surface area contributed by atoms with Crippen molar-refractivity contribution in [3.63, 3.8) is 0 Å². The first-order chi connectivity index (χ1) is 11.0. The van der Waals surface area contributed by atoms with Crippen LogP contribution in [0.3, 0.4) is 0 Å². The second-order valence-electron chi connectivity index (χ2n) is 5.00. The molecule has 4 nitrogen and oxygen atoms in total. The minimum Gasteiger partial charge on any atom is -0.482 e. The highest BCUT2D eigenvalue weighted by molar-refractivity contribution is 9.10. The molecule has 0 fully saturated rings. The summed E-state index contributed by atoms with van der Waals surface area (Å²) in [5, 5.41) is 4.44. The number of ether oxygens (including phenoxy) is 1. The van der Waals surface area contributed by atoms with E-state index in [0.29, 0.717) is 10.8 Å². The Kier molecular flexibility index (Phi) is 6.19. The molecule has 1 amide bonds. The van der Waals surface area contributed by atoms with Crippen LogP contribution in [0, 0.1) is 13.8 Å². The predicted molar refractivity (Wildman–Crippen MR) is 96.3 cm³/mol. The van der Waals surface area contributed by atoms with Crippen molar-refractivity contribution in [2.75, 3.05) is 6.61 Å². The van der Waals surface area contributed by atoms with Crippen molar-refractivity contribution >= 4 is 39.7 Å². The molecular formula is C17H16BrClN2O2. The SMILES string of the molecule is Cc1cc(C)c(OCC(=O)N/N=C/c2ccccc2Cl)c(Br)c1. The van der Waals surface area contributed by atoms with Gasteiger partial charge in [-0.05, 0) is 53.0 Å². The Morgan fingerprint density at radius 2 is 2.09 bits per heavy atom. The summed E-state index contributed by atoms with van der Waals surface area (Å²) < 4.78 is 6.37. The molecule has 2 aromatic carbocycles. The van der Waals surface area contributed by atoms with Gasteiger partial charge in [-0.3, -0.25) is 4.79 Å². The number of carbonyl (C=O) groups is 1. The summed E-state index contributed by atoms with van der Waals surface area (Å²) in [4.78, 5) is 11.8. The lowest BCUT2D eigenvalue weighted by Gasteiger charge is -2.11. The Bertz CT molecular complexity index is 724. The first-order valence-electron chi connectivity index (χ1n) is 6.93. The van der Waals surface area contributed by atoms with Crippen LogP contribution in [0.25, 0.3) is 0 Å². The van der Waals surface area contributed by atoms with Gasteiger partial charge in [0.05, 0.1) is 10.7 Å². The van der Waals surface area contributed by atoms with E-state index in [0.717, 1.165) is 21.2 Å². The quantitative estimate of drug-likeness (QED) is 0.608. The second-order valence-corrected chi connectivity index (χ2v) is 6.26. The number of halogens is 2. The molecule has 0 aliphatic rings. The van der Waals surface area contributed by atoms with Crippen molar-refractivity contribution in [1.29, 1.82) is 0 Å². The third-order valence-electron chi connectivity index (χ3n) is 3.02. The molecule has 1 N–H and O–H groups in total. The molecule has 2 aromatic rings. The number of hydrogen-bond donors (Lipinski definition) is 1. The van der Waals surface area contributed by atoms with E-state index < -0.39 is 0 Å². The molecule has 0 aromatic heterocycles. The van der Waals surface area contributed by atoms with Gasteiger partial charge >= 0.3 is 0 Å². The van der Waals surface area contributed by atoms with E-state index in [1.54, 1.807) is 12.1 Å². The Hall–Kier alpha value is -1.85. The van der Waals surface area contributed by atoms with E-state index >= 15 is 0 Å². The molecule has 0 saturated carbocycles. The maximum atomic E-state index is 11.8. The van der Waals surface area contributed by atoms with E-state index in [1.165, 1.54) is 6.21 Å². The number of aryl methyl sites for hydroxylation is 2. The lowest BCUT2D eigenvalue weighted by Crippen LogP contribution is -2.24. The molecule has 2 rings (SSSR count). The maximum absolute atomic E-state index is 11.8. The van der Waals surface area contributed by atoms with Crippen molar-refractivity contribution in [3.8, 4) is 5.75 Å². The number of amides is 1. The van der Waals surface area contributed by atoms with Crippen molar-refractivity contribution in [2.24, 2.45) is 5.10 Å². The first-order valence-corrected chi connectivity index (χ1v) is 8.10. The summed E-state index contributed by atoms with van der Waals surface area (Å²) in [5.74, 6) is 0.306. The van der Waals surface area contributed by atoms with Crippen LogP contribution in [0.1, 0.15) is 16.7 Å². The number of benzene rings is 2. The van der Waals surface area contributed by atoms with Crippen LogP contribution in [-0.4, -0.2) is 18.7 Å². The van der Waals surface area contributed by atoms with Crippen molar-refractivity contribution in [3.05, 3.63) is 62.6 Å². The van der Waals surface area contributed by atoms with Gasteiger partial charge in [0.1, 0.15) is 5.75 Å². The Morgan fingerprint density at radius 1 is 1.35 bits per heavy atom. The first kappa shape index (κ1) is 17.5. The number of carbonyl (C=O) groups excluding carboxylic acids is 1. The molecule has 0 bridgehead atoms. The maximum Gasteiger partial charge on any atom is 0.277 e. The van der Waals surface area contributed by atoms with Gasteiger partial charge in [-0.2, -0.15) is 5.10 Å². The topological polar surface area (TPSA) is 50.7 Å². The summed E-state index contributed by atoms with van der Waals surface area (Å²) in [6.45, 7) is 3.81. The minimum atomic E-state index is -0.347. The van der Waals surface area contributed by atoms with Crippen LogP contribution in [0.4, 0.5) is 0 Å². The molecule has 0 atom stereocenters. The van der Waals surface area contributed by atoms with Crippen LogP contribution in [0.5, 0.6) is 5.75 Å². The molecule has 0 spiro atoms. The summed E-state index contributed by atoms with van der Waals surface area (Å²) in [5.41, 5.74) is 5.22. The van der Waals surface area contributed by atoms with Crippen molar-refractivity contribution < 1.29 is 9.53 Å². The van der Waals surface area contributed by atoms with E-state index in [-0.39, 0.29) is 12.5 Å². The number of rotatable bonds is 5. The Morgan fingerprint density at radius 3 is 2.78 bits per heavy atom. The molecule has 0 aliphatic heterocycles. The van der Waals surface area contributed by atoms with E-state index in [9.17, 15) is 4.79 Å². The van der Waals surface area contributed by atoms with Gasteiger partial charge in [0.15, 0.2) is 6.61 Å². The molecule has 0 aliphatic carbocycles. The van der Waals surface area contributed by atoms with Gasteiger partial charge in [0, 0.05) is 10.6 Å². The number of nitrogens with zero attached hydrogens (tertiary/aromatic N) is 1. The average Bonchev–Trinajstić information content (AvgIpc) is 2.48. The van der Waals surface area contributed by atoms with E-state index in [1.807, 2.05) is 38.1 Å². The highest BCUT2D eigenvalue weighted by Gasteiger charge is 2.08. The second kappa shape index (κ2) is 8.13.